The lowest BCUT2D eigenvalue weighted by atomic mass is 10.1. The molecule has 29 heavy (non-hydrogen) atoms. The van der Waals surface area contributed by atoms with E-state index in [0.717, 1.165) is 23.4 Å². The zero-order valence-electron chi connectivity index (χ0n) is 15.7. The quantitative estimate of drug-likeness (QED) is 0.544. The molecule has 1 amide bonds. The van der Waals surface area contributed by atoms with E-state index in [4.69, 9.17) is 5.73 Å². The van der Waals surface area contributed by atoms with E-state index >= 15 is 0 Å². The number of hydrogen-bond acceptors (Lipinski definition) is 5. The van der Waals surface area contributed by atoms with Crippen molar-refractivity contribution >= 4 is 11.7 Å². The van der Waals surface area contributed by atoms with Crippen molar-refractivity contribution in [2.24, 2.45) is 5.73 Å². The molecule has 0 atom stereocenters. The van der Waals surface area contributed by atoms with Crippen LogP contribution in [0.15, 0.2) is 54.9 Å². The summed E-state index contributed by atoms with van der Waals surface area (Å²) in [5.74, 6) is -1.15. The third-order valence-electron chi connectivity index (χ3n) is 4.31. The number of rotatable bonds is 8. The minimum atomic E-state index is -0.616. The van der Waals surface area contributed by atoms with Gasteiger partial charge in [0.25, 0.3) is 5.91 Å². The first-order valence-electron chi connectivity index (χ1n) is 9.11. The van der Waals surface area contributed by atoms with E-state index in [2.05, 4.69) is 20.6 Å². The van der Waals surface area contributed by atoms with E-state index in [0.29, 0.717) is 18.7 Å². The zero-order chi connectivity index (χ0) is 20.6. The molecule has 8 heteroatoms. The highest BCUT2D eigenvalue weighted by atomic mass is 19.1. The van der Waals surface area contributed by atoms with Crippen molar-refractivity contribution in [1.29, 1.82) is 0 Å². The number of pyridine rings is 2. The first-order valence-corrected chi connectivity index (χ1v) is 9.11. The first kappa shape index (κ1) is 20.3. The van der Waals surface area contributed by atoms with E-state index in [1.165, 1.54) is 12.1 Å². The predicted octanol–water partition coefficient (Wildman–Crippen LogP) is 2.80. The van der Waals surface area contributed by atoms with Crippen molar-refractivity contribution in [2.45, 2.75) is 19.5 Å². The molecule has 150 valence electrons. The lowest BCUT2D eigenvalue weighted by Crippen LogP contribution is -2.26. The van der Waals surface area contributed by atoms with Crippen molar-refractivity contribution in [2.75, 3.05) is 11.9 Å². The van der Waals surface area contributed by atoms with Crippen LogP contribution >= 0.6 is 0 Å². The predicted molar refractivity (Wildman–Crippen MR) is 106 cm³/mol. The molecule has 0 aliphatic rings. The van der Waals surface area contributed by atoms with Gasteiger partial charge in [-0.25, -0.2) is 13.8 Å². The van der Waals surface area contributed by atoms with Crippen LogP contribution in [-0.4, -0.2) is 22.4 Å². The Kier molecular flexibility index (Phi) is 6.80. The number of benzene rings is 1. The topological polar surface area (TPSA) is 92.9 Å². The lowest BCUT2D eigenvalue weighted by Gasteiger charge is -2.12. The number of nitrogens with one attached hydrogen (secondary N) is 2. The van der Waals surface area contributed by atoms with Crippen LogP contribution in [0.4, 0.5) is 14.6 Å². The fourth-order valence-corrected chi connectivity index (χ4v) is 2.86. The van der Waals surface area contributed by atoms with Crippen LogP contribution in [-0.2, 0) is 19.5 Å². The molecule has 0 fully saturated rings. The van der Waals surface area contributed by atoms with Gasteiger partial charge in [0.05, 0.1) is 17.5 Å². The third kappa shape index (κ3) is 5.55. The highest BCUT2D eigenvalue weighted by Crippen LogP contribution is 2.15. The molecule has 0 aliphatic carbocycles. The molecule has 0 saturated heterocycles. The molecule has 2 aromatic heterocycles. The number of halogens is 2. The molecule has 1 aromatic carbocycles. The number of amides is 1. The van der Waals surface area contributed by atoms with E-state index in [-0.39, 0.29) is 30.3 Å². The summed E-state index contributed by atoms with van der Waals surface area (Å²) in [5, 5.41) is 5.76. The van der Waals surface area contributed by atoms with Gasteiger partial charge in [-0.1, -0.05) is 18.2 Å². The highest BCUT2D eigenvalue weighted by Gasteiger charge is 2.15. The molecule has 0 unspecified atom stereocenters. The highest BCUT2D eigenvalue weighted by molar-refractivity contribution is 5.98. The van der Waals surface area contributed by atoms with Crippen molar-refractivity contribution in [3.63, 3.8) is 0 Å². The second-order valence-corrected chi connectivity index (χ2v) is 6.35. The van der Waals surface area contributed by atoms with Crippen molar-refractivity contribution in [3.8, 4) is 0 Å². The number of hydrogen-bond donors (Lipinski definition) is 3. The molecule has 4 N–H and O–H groups in total. The van der Waals surface area contributed by atoms with Crippen LogP contribution in [0, 0.1) is 11.6 Å². The molecular formula is C21H21F2N5O. The van der Waals surface area contributed by atoms with Crippen LogP contribution in [0.3, 0.4) is 0 Å². The number of anilines is 1. The van der Waals surface area contributed by atoms with Crippen molar-refractivity contribution in [1.82, 2.24) is 15.3 Å². The Morgan fingerprint density at radius 3 is 2.72 bits per heavy atom. The average molecular weight is 397 g/mol. The number of nitrogens with two attached hydrogens (primary N) is 1. The summed E-state index contributed by atoms with van der Waals surface area (Å²) in [6.07, 6.45) is 3.19. The van der Waals surface area contributed by atoms with Crippen molar-refractivity contribution < 1.29 is 13.6 Å². The zero-order valence-corrected chi connectivity index (χ0v) is 15.7. The van der Waals surface area contributed by atoms with Gasteiger partial charge >= 0.3 is 0 Å². The van der Waals surface area contributed by atoms with Crippen LogP contribution in [0.2, 0.25) is 0 Å². The second-order valence-electron chi connectivity index (χ2n) is 6.35. The van der Waals surface area contributed by atoms with Gasteiger partial charge in [-0.05, 0) is 41.8 Å². The van der Waals surface area contributed by atoms with E-state index in [1.807, 2.05) is 6.07 Å². The van der Waals surface area contributed by atoms with Gasteiger partial charge in [0.2, 0.25) is 0 Å². The molecule has 0 saturated carbocycles. The molecule has 0 aliphatic heterocycles. The first-order chi connectivity index (χ1) is 14.1. The minimum Gasteiger partial charge on any atom is -0.369 e. The minimum absolute atomic E-state index is 0.0856. The van der Waals surface area contributed by atoms with Crippen LogP contribution in [0.1, 0.15) is 27.2 Å². The Bertz CT molecular complexity index is 996. The molecule has 3 rings (SSSR count). The molecule has 0 radical (unpaired) electrons. The Labute approximate surface area is 167 Å². The van der Waals surface area contributed by atoms with Crippen LogP contribution in [0.25, 0.3) is 0 Å². The van der Waals surface area contributed by atoms with Gasteiger partial charge in [-0.3, -0.25) is 9.78 Å². The molecule has 6 nitrogen and oxygen atoms in total. The van der Waals surface area contributed by atoms with Crippen LogP contribution < -0.4 is 16.4 Å². The Morgan fingerprint density at radius 1 is 1.07 bits per heavy atom. The summed E-state index contributed by atoms with van der Waals surface area (Å²) in [6, 6.07) is 10.9. The van der Waals surface area contributed by atoms with Gasteiger partial charge in [-0.15, -0.1) is 0 Å². The molecule has 0 spiro atoms. The number of aromatic nitrogens is 2. The van der Waals surface area contributed by atoms with Gasteiger partial charge in [0, 0.05) is 25.8 Å². The number of carbonyl (C=O) groups excluding carboxylic acids is 1. The normalized spacial score (nSPS) is 10.6. The number of nitrogens with zero attached hydrogens (tertiary/aromatic N) is 2. The maximum Gasteiger partial charge on any atom is 0.255 e. The molecule has 0 bridgehead atoms. The summed E-state index contributed by atoms with van der Waals surface area (Å²) in [7, 11) is 0. The fourth-order valence-electron chi connectivity index (χ4n) is 2.86. The number of carbonyl (C=O) groups is 1. The monoisotopic (exact) mass is 397 g/mol. The van der Waals surface area contributed by atoms with Crippen LogP contribution in [0.5, 0.6) is 0 Å². The summed E-state index contributed by atoms with van der Waals surface area (Å²) in [4.78, 5) is 20.8. The van der Waals surface area contributed by atoms with Crippen molar-refractivity contribution in [3.05, 3.63) is 88.9 Å². The van der Waals surface area contributed by atoms with Gasteiger partial charge in [0.1, 0.15) is 17.5 Å². The molecule has 2 heterocycles. The van der Waals surface area contributed by atoms with E-state index in [9.17, 15) is 13.6 Å². The second kappa shape index (κ2) is 9.70. The average Bonchev–Trinajstić information content (AvgIpc) is 2.73. The van der Waals surface area contributed by atoms with Gasteiger partial charge in [-0.2, -0.15) is 0 Å². The Morgan fingerprint density at radius 2 is 1.93 bits per heavy atom. The summed E-state index contributed by atoms with van der Waals surface area (Å²) in [6.45, 7) is 0.862. The molecular weight excluding hydrogens is 376 g/mol. The third-order valence-corrected chi connectivity index (χ3v) is 4.31. The maximum atomic E-state index is 13.7. The maximum absolute atomic E-state index is 13.7. The standard InChI is InChI=1S/C21H21F2N5O/c22-16-5-1-3-14(9-16)6-8-26-20-18(10-17(23)13-27-20)21(29)28-12-15-4-2-7-25-19(15)11-24/h1-5,7,9-10,13H,6,8,11-12,24H2,(H,26,27)(H,28,29). The lowest BCUT2D eigenvalue weighted by molar-refractivity contribution is 0.0951. The smallest absolute Gasteiger partial charge is 0.255 e. The largest absolute Gasteiger partial charge is 0.369 e. The molecule has 3 aromatic rings. The fraction of sp³-hybridized carbons (Fsp3) is 0.190. The van der Waals surface area contributed by atoms with Gasteiger partial charge in [0.15, 0.2) is 0 Å². The SMILES string of the molecule is NCc1ncccc1CNC(=O)c1cc(F)cnc1NCCc1cccc(F)c1. The Balaban J connectivity index is 1.66. The van der Waals surface area contributed by atoms with E-state index < -0.39 is 11.7 Å². The van der Waals surface area contributed by atoms with Gasteiger partial charge < -0.3 is 16.4 Å². The Hall–Kier alpha value is -3.39. The van der Waals surface area contributed by atoms with E-state index in [1.54, 1.807) is 24.4 Å². The summed E-state index contributed by atoms with van der Waals surface area (Å²) < 4.78 is 27.0. The summed E-state index contributed by atoms with van der Waals surface area (Å²) in [5.41, 5.74) is 8.01. The summed E-state index contributed by atoms with van der Waals surface area (Å²) >= 11 is 0.